The Morgan fingerprint density at radius 1 is 1.45 bits per heavy atom. The molecule has 1 N–H and O–H groups in total. The van der Waals surface area contributed by atoms with E-state index in [4.69, 9.17) is 9.47 Å². The number of carbonyl (C=O) groups is 1. The van der Waals surface area contributed by atoms with Gasteiger partial charge in [0.25, 0.3) is 0 Å². The number of ether oxygens (including phenoxy) is 2. The Kier molecular flexibility index (Phi) is 4.45. The molecule has 1 aromatic carbocycles. The van der Waals surface area contributed by atoms with Gasteiger partial charge in [0.15, 0.2) is 0 Å². The summed E-state index contributed by atoms with van der Waals surface area (Å²) < 4.78 is 12.9. The summed E-state index contributed by atoms with van der Waals surface area (Å²) in [4.78, 5) is 12.4. The molecule has 0 bridgehead atoms. The van der Waals surface area contributed by atoms with Crippen molar-refractivity contribution in [3.05, 3.63) is 36.0 Å². The highest BCUT2D eigenvalue weighted by Gasteiger charge is 2.27. The van der Waals surface area contributed by atoms with Gasteiger partial charge in [-0.2, -0.15) is 0 Å². The maximum Gasteiger partial charge on any atom is 0.224 e. The van der Waals surface area contributed by atoms with Crippen LogP contribution >= 0.6 is 0 Å². The molecule has 5 heteroatoms. The molecule has 2 heterocycles. The van der Waals surface area contributed by atoms with E-state index < -0.39 is 0 Å². The van der Waals surface area contributed by atoms with Crippen LogP contribution in [-0.4, -0.2) is 42.9 Å². The Bertz CT molecular complexity index is 665. The molecule has 3 rings (SSSR count). The molecule has 1 saturated heterocycles. The summed E-state index contributed by atoms with van der Waals surface area (Å²) in [6, 6.07) is 8.06. The molecule has 1 aromatic heterocycles. The average molecular weight is 302 g/mol. The molecule has 0 unspecified atom stereocenters. The number of carbonyl (C=O) groups excluding carboxylic acids is 1. The maximum atomic E-state index is 12.4. The summed E-state index contributed by atoms with van der Waals surface area (Å²) in [7, 11) is 3.68. The minimum Gasteiger partial charge on any atom is -0.379 e. The van der Waals surface area contributed by atoms with Crippen LogP contribution in [0, 0.1) is 0 Å². The molecule has 118 valence electrons. The lowest BCUT2D eigenvalue weighted by atomic mass is 10.1. The van der Waals surface area contributed by atoms with Crippen molar-refractivity contribution < 1.29 is 14.3 Å². The predicted molar refractivity (Wildman–Crippen MR) is 84.8 cm³/mol. The number of aryl methyl sites for hydroxylation is 1. The summed E-state index contributed by atoms with van der Waals surface area (Å²) in [5.41, 5.74) is 2.18. The number of nitrogens with one attached hydrogen (secondary N) is 1. The molecule has 0 radical (unpaired) electrons. The first-order chi connectivity index (χ1) is 10.7. The van der Waals surface area contributed by atoms with Crippen LogP contribution in [-0.2, 0) is 27.7 Å². The van der Waals surface area contributed by atoms with Crippen LogP contribution < -0.4 is 5.32 Å². The molecule has 1 fully saturated rings. The van der Waals surface area contributed by atoms with E-state index in [1.807, 2.05) is 25.4 Å². The minimum absolute atomic E-state index is 0.00824. The van der Waals surface area contributed by atoms with Crippen LogP contribution in [0.3, 0.4) is 0 Å². The fraction of sp³-hybridized carbons (Fsp3) is 0.471. The fourth-order valence-electron chi connectivity index (χ4n) is 3.13. The molecule has 22 heavy (non-hydrogen) atoms. The topological polar surface area (TPSA) is 52.5 Å². The molecular weight excluding hydrogens is 280 g/mol. The quantitative estimate of drug-likeness (QED) is 0.934. The SMILES string of the molecule is CO[C@@H]1CCOC[C@H]1NC(=O)Cc1cn(C)c2ccccc12. The number of benzene rings is 1. The van der Waals surface area contributed by atoms with Gasteiger partial charge < -0.3 is 19.4 Å². The average Bonchev–Trinajstić information content (AvgIpc) is 2.84. The Balaban J connectivity index is 1.70. The van der Waals surface area contributed by atoms with E-state index in [1.54, 1.807) is 7.11 Å². The van der Waals surface area contributed by atoms with Gasteiger partial charge in [-0.05, 0) is 18.1 Å². The van der Waals surface area contributed by atoms with Gasteiger partial charge in [-0.1, -0.05) is 18.2 Å². The second-order valence-corrected chi connectivity index (χ2v) is 5.77. The van der Waals surface area contributed by atoms with Crippen molar-refractivity contribution in [1.29, 1.82) is 0 Å². The van der Waals surface area contributed by atoms with Crippen molar-refractivity contribution in [3.63, 3.8) is 0 Å². The van der Waals surface area contributed by atoms with Gasteiger partial charge in [0, 0.05) is 37.9 Å². The van der Waals surface area contributed by atoms with Gasteiger partial charge in [0.05, 0.1) is 25.2 Å². The second-order valence-electron chi connectivity index (χ2n) is 5.77. The molecule has 1 amide bonds. The molecule has 2 aromatic rings. The first-order valence-corrected chi connectivity index (χ1v) is 7.62. The van der Waals surface area contributed by atoms with Gasteiger partial charge in [0.1, 0.15) is 0 Å². The molecule has 5 nitrogen and oxygen atoms in total. The third-order valence-electron chi connectivity index (χ3n) is 4.27. The van der Waals surface area contributed by atoms with Crippen molar-refractivity contribution in [2.24, 2.45) is 7.05 Å². The number of amides is 1. The lowest BCUT2D eigenvalue weighted by Crippen LogP contribution is -2.50. The predicted octanol–water partition coefficient (Wildman–Crippen LogP) is 1.64. The Labute approximate surface area is 130 Å². The van der Waals surface area contributed by atoms with E-state index in [2.05, 4.69) is 22.0 Å². The van der Waals surface area contributed by atoms with E-state index in [1.165, 1.54) is 0 Å². The number of nitrogens with zero attached hydrogens (tertiary/aromatic N) is 1. The summed E-state index contributed by atoms with van der Waals surface area (Å²) in [6.07, 6.45) is 3.24. The third-order valence-corrected chi connectivity index (χ3v) is 4.27. The molecule has 1 aliphatic heterocycles. The maximum absolute atomic E-state index is 12.4. The van der Waals surface area contributed by atoms with Crippen molar-refractivity contribution in [2.45, 2.75) is 25.0 Å². The third kappa shape index (κ3) is 3.00. The zero-order valence-electron chi connectivity index (χ0n) is 13.0. The van der Waals surface area contributed by atoms with Crippen LogP contribution in [0.15, 0.2) is 30.5 Å². The van der Waals surface area contributed by atoms with Crippen molar-refractivity contribution in [2.75, 3.05) is 20.3 Å². The van der Waals surface area contributed by atoms with Crippen LogP contribution in [0.5, 0.6) is 0 Å². The molecule has 0 aliphatic carbocycles. The van der Waals surface area contributed by atoms with Crippen molar-refractivity contribution in [3.8, 4) is 0 Å². The molecular formula is C17H22N2O3. The molecule has 0 saturated carbocycles. The number of hydrogen-bond donors (Lipinski definition) is 1. The minimum atomic E-state index is -0.0683. The van der Waals surface area contributed by atoms with Gasteiger partial charge in [-0.25, -0.2) is 0 Å². The standard InChI is InChI=1S/C17H22N2O3/c1-19-10-12(13-5-3-4-6-15(13)19)9-17(20)18-14-11-22-8-7-16(14)21-2/h3-6,10,14,16H,7-9,11H2,1-2H3,(H,18,20)/t14-,16-/m1/s1. The van der Waals surface area contributed by atoms with Gasteiger partial charge >= 0.3 is 0 Å². The Morgan fingerprint density at radius 3 is 3.09 bits per heavy atom. The normalized spacial score (nSPS) is 21.9. The summed E-state index contributed by atoms with van der Waals surface area (Å²) in [6.45, 7) is 1.20. The largest absolute Gasteiger partial charge is 0.379 e. The summed E-state index contributed by atoms with van der Waals surface area (Å²) >= 11 is 0. The van der Waals surface area contributed by atoms with E-state index in [0.717, 1.165) is 22.9 Å². The van der Waals surface area contributed by atoms with Crippen LogP contribution in [0.25, 0.3) is 10.9 Å². The van der Waals surface area contributed by atoms with Gasteiger partial charge in [0.2, 0.25) is 5.91 Å². The molecule has 2 atom stereocenters. The zero-order chi connectivity index (χ0) is 15.5. The number of para-hydroxylation sites is 1. The van der Waals surface area contributed by atoms with E-state index in [-0.39, 0.29) is 18.1 Å². The Morgan fingerprint density at radius 2 is 2.27 bits per heavy atom. The lowest BCUT2D eigenvalue weighted by molar-refractivity contribution is -0.124. The second kappa shape index (κ2) is 6.50. The van der Waals surface area contributed by atoms with E-state index in [0.29, 0.717) is 19.6 Å². The molecule has 0 spiro atoms. The fourth-order valence-corrected chi connectivity index (χ4v) is 3.13. The van der Waals surface area contributed by atoms with Crippen LogP contribution in [0.1, 0.15) is 12.0 Å². The van der Waals surface area contributed by atoms with E-state index in [9.17, 15) is 4.79 Å². The molecule has 1 aliphatic rings. The number of fused-ring (bicyclic) bond motifs is 1. The van der Waals surface area contributed by atoms with E-state index >= 15 is 0 Å². The monoisotopic (exact) mass is 302 g/mol. The zero-order valence-corrected chi connectivity index (χ0v) is 13.0. The number of hydrogen-bond acceptors (Lipinski definition) is 3. The highest BCUT2D eigenvalue weighted by molar-refractivity contribution is 5.89. The smallest absolute Gasteiger partial charge is 0.224 e. The highest BCUT2D eigenvalue weighted by atomic mass is 16.5. The number of rotatable bonds is 4. The van der Waals surface area contributed by atoms with Gasteiger partial charge in [-0.3, -0.25) is 4.79 Å². The Hall–Kier alpha value is -1.85. The van der Waals surface area contributed by atoms with Crippen LogP contribution in [0.2, 0.25) is 0 Å². The highest BCUT2D eigenvalue weighted by Crippen LogP contribution is 2.21. The van der Waals surface area contributed by atoms with Crippen molar-refractivity contribution in [1.82, 2.24) is 9.88 Å². The summed E-state index contributed by atoms with van der Waals surface area (Å²) in [5.74, 6) is 0.00824. The number of methoxy groups -OCH3 is 1. The van der Waals surface area contributed by atoms with Crippen molar-refractivity contribution >= 4 is 16.8 Å². The first kappa shape index (κ1) is 15.1. The number of aromatic nitrogens is 1. The lowest BCUT2D eigenvalue weighted by Gasteiger charge is -2.31. The first-order valence-electron chi connectivity index (χ1n) is 7.62. The summed E-state index contributed by atoms with van der Waals surface area (Å²) in [5, 5.41) is 4.17. The van der Waals surface area contributed by atoms with Crippen LogP contribution in [0.4, 0.5) is 0 Å². The van der Waals surface area contributed by atoms with Gasteiger partial charge in [-0.15, -0.1) is 0 Å².